The molecule has 4 aromatic rings. The molecule has 1 amide bonds. The summed E-state index contributed by atoms with van der Waals surface area (Å²) in [6, 6.07) is 17.2. The molecular formula is C23H20FN3O4S2. The molecule has 0 saturated carbocycles. The van der Waals surface area contributed by atoms with E-state index >= 15 is 0 Å². The van der Waals surface area contributed by atoms with Gasteiger partial charge < -0.3 is 9.88 Å². The number of carbonyl (C=O) groups excluding carboxylic acids is 1. The lowest BCUT2D eigenvalue weighted by Crippen LogP contribution is -2.29. The van der Waals surface area contributed by atoms with Crippen LogP contribution >= 0.6 is 11.3 Å². The molecule has 7 nitrogen and oxygen atoms in total. The van der Waals surface area contributed by atoms with E-state index in [9.17, 15) is 22.4 Å². The lowest BCUT2D eigenvalue weighted by atomic mass is 10.1. The van der Waals surface area contributed by atoms with E-state index in [1.54, 1.807) is 35.9 Å². The van der Waals surface area contributed by atoms with Gasteiger partial charge in [0.2, 0.25) is 10.0 Å². The Labute approximate surface area is 193 Å². The maximum atomic E-state index is 14.1. The average Bonchev–Trinajstić information content (AvgIpc) is 3.05. The zero-order valence-corrected chi connectivity index (χ0v) is 19.4. The molecule has 170 valence electrons. The number of fused-ring (bicyclic) bond motifs is 1. The number of amides is 1. The molecule has 1 heterocycles. The summed E-state index contributed by atoms with van der Waals surface area (Å²) in [5.41, 5.74) is 2.19. The quantitative estimate of drug-likeness (QED) is 0.448. The van der Waals surface area contributed by atoms with E-state index in [-0.39, 0.29) is 22.9 Å². The highest BCUT2D eigenvalue weighted by atomic mass is 32.2. The summed E-state index contributed by atoms with van der Waals surface area (Å²) >= 11 is 1.09. The summed E-state index contributed by atoms with van der Waals surface area (Å²) in [5, 5.41) is 2.78. The highest BCUT2D eigenvalue weighted by molar-refractivity contribution is 7.92. The van der Waals surface area contributed by atoms with Crippen molar-refractivity contribution in [1.82, 2.24) is 4.57 Å². The molecule has 0 radical (unpaired) electrons. The molecule has 10 heteroatoms. The molecule has 1 N–H and O–H groups in total. The second kappa shape index (κ2) is 8.80. The molecule has 0 spiro atoms. The van der Waals surface area contributed by atoms with Crippen LogP contribution in [0.25, 0.3) is 10.2 Å². The van der Waals surface area contributed by atoms with Crippen LogP contribution in [0.2, 0.25) is 0 Å². The van der Waals surface area contributed by atoms with Gasteiger partial charge in [-0.3, -0.25) is 13.9 Å². The topological polar surface area (TPSA) is 88.5 Å². The van der Waals surface area contributed by atoms with Crippen molar-refractivity contribution in [3.63, 3.8) is 0 Å². The van der Waals surface area contributed by atoms with Crippen molar-refractivity contribution in [3.05, 3.63) is 93.3 Å². The van der Waals surface area contributed by atoms with Crippen molar-refractivity contribution in [2.45, 2.75) is 6.54 Å². The third kappa shape index (κ3) is 4.81. The largest absolute Gasteiger partial charge is 0.322 e. The minimum atomic E-state index is -3.70. The second-order valence-corrected chi connectivity index (χ2v) is 10.4. The lowest BCUT2D eigenvalue weighted by Gasteiger charge is -2.23. The number of thiazole rings is 1. The number of anilines is 2. The number of benzene rings is 3. The molecule has 33 heavy (non-hydrogen) atoms. The van der Waals surface area contributed by atoms with Gasteiger partial charge in [-0.1, -0.05) is 29.5 Å². The van der Waals surface area contributed by atoms with Crippen molar-refractivity contribution >= 4 is 48.9 Å². The van der Waals surface area contributed by atoms with Crippen LogP contribution in [0.1, 0.15) is 15.9 Å². The summed E-state index contributed by atoms with van der Waals surface area (Å²) in [6.07, 6.45) is 1.04. The Hall–Kier alpha value is -3.50. The molecule has 0 aliphatic heterocycles. The van der Waals surface area contributed by atoms with E-state index in [1.165, 1.54) is 42.5 Å². The van der Waals surface area contributed by atoms with Crippen LogP contribution in [0, 0.1) is 5.82 Å². The molecule has 0 atom stereocenters. The number of rotatable bonds is 6. The third-order valence-electron chi connectivity index (χ3n) is 5.14. The number of hydrogen-bond acceptors (Lipinski definition) is 5. The van der Waals surface area contributed by atoms with Crippen LogP contribution in [0.15, 0.2) is 71.5 Å². The van der Waals surface area contributed by atoms with Gasteiger partial charge in [-0.15, -0.1) is 0 Å². The third-order valence-corrected chi connectivity index (χ3v) is 7.28. The van der Waals surface area contributed by atoms with Gasteiger partial charge in [0.15, 0.2) is 0 Å². The van der Waals surface area contributed by atoms with Crippen molar-refractivity contribution in [3.8, 4) is 0 Å². The molecule has 0 fully saturated rings. The zero-order valence-electron chi connectivity index (χ0n) is 17.8. The van der Waals surface area contributed by atoms with Gasteiger partial charge >= 0.3 is 4.87 Å². The highest BCUT2D eigenvalue weighted by Gasteiger charge is 2.20. The van der Waals surface area contributed by atoms with Crippen LogP contribution in [0.3, 0.4) is 0 Å². The number of sulfonamides is 1. The smallest absolute Gasteiger partial charge is 0.307 e. The Morgan fingerprint density at radius 3 is 2.45 bits per heavy atom. The summed E-state index contributed by atoms with van der Waals surface area (Å²) in [5.74, 6) is -0.883. The first-order chi connectivity index (χ1) is 15.6. The Morgan fingerprint density at radius 2 is 1.79 bits per heavy atom. The molecule has 0 aliphatic rings. The van der Waals surface area contributed by atoms with Crippen molar-refractivity contribution < 1.29 is 17.6 Å². The second-order valence-electron chi connectivity index (χ2n) is 7.47. The number of nitrogens with zero attached hydrogens (tertiary/aromatic N) is 2. The number of aromatic nitrogens is 1. The minimum absolute atomic E-state index is 0.0881. The van der Waals surface area contributed by atoms with Gasteiger partial charge in [0, 0.05) is 23.9 Å². The molecule has 3 aromatic carbocycles. The number of hydrogen-bond donors (Lipinski definition) is 1. The normalized spacial score (nSPS) is 11.5. The standard InChI is InChI=1S/C23H20FN3O4S2/c1-26-20-12-9-17(13-21(20)32-23(26)29)25-22(28)15-7-10-18(11-8-15)27(33(2,30)31)14-16-5-3-4-6-19(16)24/h3-13H,14H2,1-2H3,(H,25,28). The minimum Gasteiger partial charge on any atom is -0.322 e. The summed E-state index contributed by atoms with van der Waals surface area (Å²) < 4.78 is 42.1. The average molecular weight is 486 g/mol. The number of halogens is 1. The summed E-state index contributed by atoms with van der Waals surface area (Å²) in [4.78, 5) is 24.4. The predicted octanol–water partition coefficient (Wildman–Crippen LogP) is 3.96. The predicted molar refractivity (Wildman–Crippen MR) is 129 cm³/mol. The molecule has 0 unspecified atom stereocenters. The molecule has 0 aliphatic carbocycles. The molecule has 4 rings (SSSR count). The Balaban J connectivity index is 1.55. The van der Waals surface area contributed by atoms with E-state index in [2.05, 4.69) is 5.32 Å². The van der Waals surface area contributed by atoms with E-state index in [0.717, 1.165) is 32.1 Å². The molecule has 0 saturated heterocycles. The first kappa shape index (κ1) is 22.7. The molecule has 1 aromatic heterocycles. The first-order valence-corrected chi connectivity index (χ1v) is 12.5. The lowest BCUT2D eigenvalue weighted by molar-refractivity contribution is 0.102. The maximum Gasteiger partial charge on any atom is 0.307 e. The zero-order chi connectivity index (χ0) is 23.8. The fraction of sp³-hybridized carbons (Fsp3) is 0.130. The van der Waals surface area contributed by atoms with Crippen LogP contribution in [0.4, 0.5) is 15.8 Å². The first-order valence-electron chi connectivity index (χ1n) is 9.85. The fourth-order valence-corrected chi connectivity index (χ4v) is 5.17. The van der Waals surface area contributed by atoms with Gasteiger partial charge in [0.05, 0.1) is 28.7 Å². The van der Waals surface area contributed by atoms with E-state index in [4.69, 9.17) is 0 Å². The monoisotopic (exact) mass is 485 g/mol. The van der Waals surface area contributed by atoms with Gasteiger partial charge in [-0.25, -0.2) is 12.8 Å². The Morgan fingerprint density at radius 1 is 1.09 bits per heavy atom. The SMILES string of the molecule is Cn1c(=O)sc2cc(NC(=O)c3ccc(N(Cc4ccccc4F)S(C)(=O)=O)cc3)ccc21. The van der Waals surface area contributed by atoms with Crippen molar-refractivity contribution in [2.75, 3.05) is 15.9 Å². The van der Waals surface area contributed by atoms with Crippen LogP contribution in [-0.2, 0) is 23.6 Å². The summed E-state index contributed by atoms with van der Waals surface area (Å²) in [6.45, 7) is -0.170. The van der Waals surface area contributed by atoms with E-state index in [0.29, 0.717) is 16.9 Å². The fourth-order valence-electron chi connectivity index (χ4n) is 3.38. The Kier molecular flexibility index (Phi) is 6.05. The number of nitrogens with one attached hydrogen (secondary N) is 1. The van der Waals surface area contributed by atoms with Gasteiger partial charge in [0.1, 0.15) is 5.82 Å². The highest BCUT2D eigenvalue weighted by Crippen LogP contribution is 2.24. The van der Waals surface area contributed by atoms with E-state index in [1.807, 2.05) is 0 Å². The number of aryl methyl sites for hydroxylation is 1. The molecule has 0 bridgehead atoms. The Bertz CT molecular complexity index is 1510. The molecular weight excluding hydrogens is 465 g/mol. The van der Waals surface area contributed by atoms with Crippen LogP contribution in [0.5, 0.6) is 0 Å². The van der Waals surface area contributed by atoms with Crippen LogP contribution < -0.4 is 14.5 Å². The van der Waals surface area contributed by atoms with Crippen molar-refractivity contribution in [2.24, 2.45) is 7.05 Å². The van der Waals surface area contributed by atoms with Crippen molar-refractivity contribution in [1.29, 1.82) is 0 Å². The number of carbonyl (C=O) groups is 1. The van der Waals surface area contributed by atoms with Gasteiger partial charge in [-0.2, -0.15) is 0 Å². The summed E-state index contributed by atoms with van der Waals surface area (Å²) in [7, 11) is -2.01. The maximum absolute atomic E-state index is 14.1. The van der Waals surface area contributed by atoms with Gasteiger partial charge in [-0.05, 0) is 48.5 Å². The van der Waals surface area contributed by atoms with Gasteiger partial charge in [0.25, 0.3) is 5.91 Å². The van der Waals surface area contributed by atoms with Crippen LogP contribution in [-0.4, -0.2) is 25.1 Å². The van der Waals surface area contributed by atoms with E-state index < -0.39 is 15.8 Å².